The SMILES string of the molecule is COC(=O)c1cnc2c(C)cc(C)cc2c1-c1ccccc1Cl. The second-order valence-electron chi connectivity index (χ2n) is 5.50. The van der Waals surface area contributed by atoms with Crippen LogP contribution >= 0.6 is 11.6 Å². The standard InChI is InChI=1S/C19H16ClNO2/c1-11-8-12(2)18-14(9-11)17(13-6-4-5-7-16(13)20)15(10-21-18)19(22)23-3/h4-10H,1-3H3. The van der Waals surface area contributed by atoms with Crippen LogP contribution in [0.2, 0.25) is 5.02 Å². The van der Waals surface area contributed by atoms with Crippen molar-refractivity contribution in [1.82, 2.24) is 4.98 Å². The van der Waals surface area contributed by atoms with E-state index in [-0.39, 0.29) is 0 Å². The van der Waals surface area contributed by atoms with E-state index in [2.05, 4.69) is 11.1 Å². The highest BCUT2D eigenvalue weighted by atomic mass is 35.5. The number of hydrogen-bond donors (Lipinski definition) is 0. The molecule has 4 heteroatoms. The van der Waals surface area contributed by atoms with Gasteiger partial charge in [-0.25, -0.2) is 4.79 Å². The number of benzene rings is 2. The third kappa shape index (κ3) is 2.68. The van der Waals surface area contributed by atoms with Crippen molar-refractivity contribution < 1.29 is 9.53 Å². The summed E-state index contributed by atoms with van der Waals surface area (Å²) in [4.78, 5) is 16.7. The molecule has 0 radical (unpaired) electrons. The second-order valence-corrected chi connectivity index (χ2v) is 5.90. The zero-order chi connectivity index (χ0) is 16.6. The van der Waals surface area contributed by atoms with Crippen LogP contribution in [0.15, 0.2) is 42.6 Å². The summed E-state index contributed by atoms with van der Waals surface area (Å²) < 4.78 is 4.93. The number of carbonyl (C=O) groups is 1. The lowest BCUT2D eigenvalue weighted by molar-refractivity contribution is 0.0601. The van der Waals surface area contributed by atoms with Crippen molar-refractivity contribution in [1.29, 1.82) is 0 Å². The number of fused-ring (bicyclic) bond motifs is 1. The fourth-order valence-corrected chi connectivity index (χ4v) is 3.11. The van der Waals surface area contributed by atoms with Gasteiger partial charge in [0, 0.05) is 27.7 Å². The Kier molecular flexibility index (Phi) is 4.05. The molecule has 0 bridgehead atoms. The minimum absolute atomic E-state index is 0.415. The first-order chi connectivity index (χ1) is 11.0. The fourth-order valence-electron chi connectivity index (χ4n) is 2.88. The number of esters is 1. The van der Waals surface area contributed by atoms with E-state index in [1.54, 1.807) is 6.20 Å². The molecular formula is C19H16ClNO2. The molecule has 0 saturated carbocycles. The van der Waals surface area contributed by atoms with Gasteiger partial charge in [-0.3, -0.25) is 4.98 Å². The second kappa shape index (κ2) is 6.01. The summed E-state index contributed by atoms with van der Waals surface area (Å²) in [6.45, 7) is 4.03. The Labute approximate surface area is 139 Å². The van der Waals surface area contributed by atoms with E-state index < -0.39 is 5.97 Å². The quantitative estimate of drug-likeness (QED) is 0.625. The summed E-state index contributed by atoms with van der Waals surface area (Å²) >= 11 is 6.39. The maximum absolute atomic E-state index is 12.2. The number of methoxy groups -OCH3 is 1. The summed E-state index contributed by atoms with van der Waals surface area (Å²) in [6, 6.07) is 11.6. The van der Waals surface area contributed by atoms with Crippen molar-refractivity contribution in [2.75, 3.05) is 7.11 Å². The third-order valence-electron chi connectivity index (χ3n) is 3.85. The van der Waals surface area contributed by atoms with Crippen molar-refractivity contribution >= 4 is 28.5 Å². The van der Waals surface area contributed by atoms with Gasteiger partial charge < -0.3 is 4.74 Å². The van der Waals surface area contributed by atoms with Gasteiger partial charge in [-0.1, -0.05) is 41.4 Å². The Hall–Kier alpha value is -2.39. The van der Waals surface area contributed by atoms with Crippen molar-refractivity contribution in [2.24, 2.45) is 0 Å². The van der Waals surface area contributed by atoms with Gasteiger partial charge in [0.15, 0.2) is 0 Å². The molecule has 3 rings (SSSR count). The minimum atomic E-state index is -0.423. The van der Waals surface area contributed by atoms with Gasteiger partial charge in [0.1, 0.15) is 0 Å². The normalized spacial score (nSPS) is 10.8. The highest BCUT2D eigenvalue weighted by Gasteiger charge is 2.20. The van der Waals surface area contributed by atoms with Gasteiger partial charge in [-0.15, -0.1) is 0 Å². The molecule has 0 N–H and O–H groups in total. The highest BCUT2D eigenvalue weighted by Crippen LogP contribution is 2.37. The van der Waals surface area contributed by atoms with Crippen LogP contribution in [0, 0.1) is 13.8 Å². The molecule has 0 atom stereocenters. The number of halogens is 1. The van der Waals surface area contributed by atoms with Crippen LogP contribution in [-0.4, -0.2) is 18.1 Å². The van der Waals surface area contributed by atoms with Crippen molar-refractivity contribution in [3.8, 4) is 11.1 Å². The Bertz CT molecular complexity index is 919. The van der Waals surface area contributed by atoms with Gasteiger partial charge in [0.25, 0.3) is 0 Å². The summed E-state index contributed by atoms with van der Waals surface area (Å²) in [5, 5.41) is 1.49. The first-order valence-corrected chi connectivity index (χ1v) is 7.64. The monoisotopic (exact) mass is 325 g/mol. The predicted molar refractivity (Wildman–Crippen MR) is 93.0 cm³/mol. The zero-order valence-electron chi connectivity index (χ0n) is 13.2. The van der Waals surface area contributed by atoms with Crippen molar-refractivity contribution in [3.05, 3.63) is 64.3 Å². The molecular weight excluding hydrogens is 310 g/mol. The van der Waals surface area contributed by atoms with E-state index in [1.165, 1.54) is 7.11 Å². The first-order valence-electron chi connectivity index (χ1n) is 7.26. The predicted octanol–water partition coefficient (Wildman–Crippen LogP) is 4.96. The topological polar surface area (TPSA) is 39.2 Å². The lowest BCUT2D eigenvalue weighted by atomic mass is 9.94. The van der Waals surface area contributed by atoms with Gasteiger partial charge in [0.05, 0.1) is 18.2 Å². The highest BCUT2D eigenvalue weighted by molar-refractivity contribution is 6.34. The number of rotatable bonds is 2. The number of aryl methyl sites for hydroxylation is 2. The fraction of sp³-hybridized carbons (Fsp3) is 0.158. The van der Waals surface area contributed by atoms with E-state index in [1.807, 2.05) is 44.2 Å². The molecule has 3 nitrogen and oxygen atoms in total. The van der Waals surface area contributed by atoms with Crippen molar-refractivity contribution in [2.45, 2.75) is 13.8 Å². The maximum Gasteiger partial charge on any atom is 0.340 e. The Morgan fingerprint density at radius 3 is 2.61 bits per heavy atom. The molecule has 1 aromatic heterocycles. The zero-order valence-corrected chi connectivity index (χ0v) is 13.9. The molecule has 116 valence electrons. The molecule has 3 aromatic rings. The number of pyridine rings is 1. The maximum atomic E-state index is 12.2. The van der Waals surface area contributed by atoms with Crippen LogP contribution in [0.25, 0.3) is 22.0 Å². The van der Waals surface area contributed by atoms with Crippen molar-refractivity contribution in [3.63, 3.8) is 0 Å². The Morgan fingerprint density at radius 1 is 1.17 bits per heavy atom. The van der Waals surface area contributed by atoms with Crippen LogP contribution in [0.5, 0.6) is 0 Å². The Morgan fingerprint density at radius 2 is 1.91 bits per heavy atom. The number of nitrogens with zero attached hydrogens (tertiary/aromatic N) is 1. The van der Waals surface area contributed by atoms with Gasteiger partial charge >= 0.3 is 5.97 Å². The van der Waals surface area contributed by atoms with Crippen LogP contribution < -0.4 is 0 Å². The average Bonchev–Trinajstić information content (AvgIpc) is 2.53. The molecule has 1 heterocycles. The number of ether oxygens (including phenoxy) is 1. The lowest BCUT2D eigenvalue weighted by Gasteiger charge is -2.14. The first kappa shape index (κ1) is 15.5. The summed E-state index contributed by atoms with van der Waals surface area (Å²) in [7, 11) is 1.37. The average molecular weight is 326 g/mol. The molecule has 23 heavy (non-hydrogen) atoms. The summed E-state index contributed by atoms with van der Waals surface area (Å²) in [6.07, 6.45) is 1.56. The Balaban J connectivity index is 2.48. The van der Waals surface area contributed by atoms with Crippen LogP contribution in [0.3, 0.4) is 0 Å². The van der Waals surface area contributed by atoms with E-state index in [9.17, 15) is 4.79 Å². The molecule has 0 spiro atoms. The molecule has 0 aliphatic heterocycles. The molecule has 0 aliphatic carbocycles. The van der Waals surface area contributed by atoms with Gasteiger partial charge in [-0.05, 0) is 31.5 Å². The molecule has 0 amide bonds. The van der Waals surface area contributed by atoms with Gasteiger partial charge in [0.2, 0.25) is 0 Å². The lowest BCUT2D eigenvalue weighted by Crippen LogP contribution is -2.06. The van der Waals surface area contributed by atoms with E-state index >= 15 is 0 Å². The third-order valence-corrected chi connectivity index (χ3v) is 4.18. The van der Waals surface area contributed by atoms with Gasteiger partial charge in [-0.2, -0.15) is 0 Å². The number of aromatic nitrogens is 1. The van der Waals surface area contributed by atoms with Crippen LogP contribution in [0.4, 0.5) is 0 Å². The van der Waals surface area contributed by atoms with E-state index in [0.29, 0.717) is 10.6 Å². The molecule has 2 aromatic carbocycles. The van der Waals surface area contributed by atoms with E-state index in [4.69, 9.17) is 16.3 Å². The van der Waals surface area contributed by atoms with Crippen LogP contribution in [-0.2, 0) is 4.74 Å². The summed E-state index contributed by atoms with van der Waals surface area (Å²) in [5.41, 5.74) is 5.00. The molecule has 0 aliphatic rings. The number of hydrogen-bond acceptors (Lipinski definition) is 3. The van der Waals surface area contributed by atoms with E-state index in [0.717, 1.165) is 33.2 Å². The minimum Gasteiger partial charge on any atom is -0.465 e. The number of carbonyl (C=O) groups excluding carboxylic acids is 1. The molecule has 0 unspecified atom stereocenters. The summed E-state index contributed by atoms with van der Waals surface area (Å²) in [5.74, 6) is -0.423. The van der Waals surface area contributed by atoms with Crippen LogP contribution in [0.1, 0.15) is 21.5 Å². The molecule has 0 saturated heterocycles. The molecule has 0 fully saturated rings. The largest absolute Gasteiger partial charge is 0.465 e. The smallest absolute Gasteiger partial charge is 0.340 e.